The molecule has 0 bridgehead atoms. The number of nitrogens with two attached hydrogens (primary N) is 2. The maximum atomic E-state index is 11.7. The van der Waals surface area contributed by atoms with Gasteiger partial charge in [0.05, 0.1) is 5.69 Å². The average Bonchev–Trinajstić information content (AvgIpc) is 2.60. The SMILES string of the molecule is Cc1ccc(Nc2cc(N[C@H]3CCCC[C@H]3N)nnc2C(N)=O)nc1C. The molecule has 1 fully saturated rings. The lowest BCUT2D eigenvalue weighted by Crippen LogP contribution is -2.42. The minimum absolute atomic E-state index is 0.0727. The molecule has 1 aliphatic carbocycles. The van der Waals surface area contributed by atoms with Crippen LogP contribution in [0.5, 0.6) is 0 Å². The normalized spacial score (nSPS) is 19.8. The van der Waals surface area contributed by atoms with Crippen molar-refractivity contribution in [2.75, 3.05) is 10.6 Å². The minimum atomic E-state index is -0.648. The van der Waals surface area contributed by atoms with Crippen molar-refractivity contribution in [2.24, 2.45) is 11.5 Å². The van der Waals surface area contributed by atoms with Gasteiger partial charge in [-0.05, 0) is 38.3 Å². The Labute approximate surface area is 152 Å². The number of hydrogen-bond donors (Lipinski definition) is 4. The third kappa shape index (κ3) is 4.08. The van der Waals surface area contributed by atoms with Gasteiger partial charge in [-0.3, -0.25) is 4.79 Å². The highest BCUT2D eigenvalue weighted by Crippen LogP contribution is 2.24. The topological polar surface area (TPSA) is 132 Å². The molecule has 2 atom stereocenters. The number of carbonyl (C=O) groups is 1. The van der Waals surface area contributed by atoms with E-state index in [1.165, 1.54) is 0 Å². The zero-order chi connectivity index (χ0) is 18.7. The van der Waals surface area contributed by atoms with Crippen molar-refractivity contribution in [2.45, 2.75) is 51.6 Å². The van der Waals surface area contributed by atoms with Crippen LogP contribution >= 0.6 is 0 Å². The smallest absolute Gasteiger partial charge is 0.271 e. The van der Waals surface area contributed by atoms with Crippen molar-refractivity contribution in [1.29, 1.82) is 0 Å². The molecule has 2 aromatic heterocycles. The summed E-state index contributed by atoms with van der Waals surface area (Å²) in [5, 5.41) is 14.5. The van der Waals surface area contributed by atoms with Crippen molar-refractivity contribution in [3.8, 4) is 0 Å². The lowest BCUT2D eigenvalue weighted by atomic mass is 9.91. The molecule has 0 radical (unpaired) electrons. The van der Waals surface area contributed by atoms with E-state index in [1.54, 1.807) is 6.07 Å². The fourth-order valence-electron chi connectivity index (χ4n) is 3.11. The van der Waals surface area contributed by atoms with Gasteiger partial charge in [0.25, 0.3) is 5.91 Å². The maximum Gasteiger partial charge on any atom is 0.271 e. The summed E-state index contributed by atoms with van der Waals surface area (Å²) >= 11 is 0. The first kappa shape index (κ1) is 18.1. The lowest BCUT2D eigenvalue weighted by molar-refractivity contribution is 0.0995. The lowest BCUT2D eigenvalue weighted by Gasteiger charge is -2.29. The first-order chi connectivity index (χ1) is 12.4. The Hall–Kier alpha value is -2.74. The summed E-state index contributed by atoms with van der Waals surface area (Å²) in [7, 11) is 0. The van der Waals surface area contributed by atoms with Gasteiger partial charge in [-0.15, -0.1) is 10.2 Å². The number of nitrogens with zero attached hydrogens (tertiary/aromatic N) is 3. The van der Waals surface area contributed by atoms with Crippen LogP contribution in [0.3, 0.4) is 0 Å². The largest absolute Gasteiger partial charge is 0.364 e. The number of carbonyl (C=O) groups excluding carboxylic acids is 1. The highest BCUT2D eigenvalue weighted by molar-refractivity contribution is 5.97. The molecule has 1 saturated carbocycles. The number of aryl methyl sites for hydroxylation is 2. The molecule has 6 N–H and O–H groups in total. The second kappa shape index (κ2) is 7.65. The van der Waals surface area contributed by atoms with Gasteiger partial charge >= 0.3 is 0 Å². The molecule has 8 nitrogen and oxygen atoms in total. The van der Waals surface area contributed by atoms with Crippen LogP contribution in [0.2, 0.25) is 0 Å². The van der Waals surface area contributed by atoms with Crippen LogP contribution in [-0.4, -0.2) is 33.2 Å². The van der Waals surface area contributed by atoms with E-state index < -0.39 is 5.91 Å². The monoisotopic (exact) mass is 355 g/mol. The van der Waals surface area contributed by atoms with E-state index in [4.69, 9.17) is 11.5 Å². The van der Waals surface area contributed by atoms with Crippen molar-refractivity contribution in [3.63, 3.8) is 0 Å². The maximum absolute atomic E-state index is 11.7. The standard InChI is InChI=1S/C18H25N7O/c1-10-7-8-15(21-11(10)2)23-14-9-16(24-25-17(14)18(20)26)22-13-6-4-3-5-12(13)19/h7-9,12-13H,3-6,19H2,1-2H3,(H2,20,26)(H2,21,22,23,24)/t12-,13+/m1/s1. The van der Waals surface area contributed by atoms with Crippen LogP contribution in [0.4, 0.5) is 17.3 Å². The Morgan fingerprint density at radius 1 is 1.15 bits per heavy atom. The fourth-order valence-corrected chi connectivity index (χ4v) is 3.11. The molecule has 3 rings (SSSR count). The zero-order valence-electron chi connectivity index (χ0n) is 15.1. The second-order valence-corrected chi connectivity index (χ2v) is 6.78. The molecule has 2 heterocycles. The Morgan fingerprint density at radius 3 is 2.62 bits per heavy atom. The van der Waals surface area contributed by atoms with Crippen LogP contribution in [0.25, 0.3) is 0 Å². The third-order valence-corrected chi connectivity index (χ3v) is 4.79. The quantitative estimate of drug-likeness (QED) is 0.645. The minimum Gasteiger partial charge on any atom is -0.364 e. The Kier molecular flexibility index (Phi) is 5.32. The van der Waals surface area contributed by atoms with Crippen LogP contribution in [0.15, 0.2) is 18.2 Å². The summed E-state index contributed by atoms with van der Waals surface area (Å²) in [5.41, 5.74) is 14.2. The Morgan fingerprint density at radius 2 is 1.92 bits per heavy atom. The summed E-state index contributed by atoms with van der Waals surface area (Å²) in [5.74, 6) is 0.525. The molecule has 0 aromatic carbocycles. The van der Waals surface area contributed by atoms with E-state index in [0.717, 1.165) is 36.9 Å². The summed E-state index contributed by atoms with van der Waals surface area (Å²) in [4.78, 5) is 16.2. The predicted molar refractivity (Wildman–Crippen MR) is 101 cm³/mol. The predicted octanol–water partition coefficient (Wildman–Crippen LogP) is 2.01. The van der Waals surface area contributed by atoms with Gasteiger partial charge in [-0.25, -0.2) is 4.98 Å². The van der Waals surface area contributed by atoms with Crippen molar-refractivity contribution in [1.82, 2.24) is 15.2 Å². The summed E-state index contributed by atoms with van der Waals surface area (Å²) < 4.78 is 0. The Balaban J connectivity index is 1.86. The van der Waals surface area contributed by atoms with Crippen molar-refractivity contribution >= 4 is 23.2 Å². The van der Waals surface area contributed by atoms with Gasteiger partial charge in [-0.2, -0.15) is 0 Å². The molecular formula is C18H25N7O. The molecule has 8 heteroatoms. The van der Waals surface area contributed by atoms with E-state index in [0.29, 0.717) is 17.3 Å². The van der Waals surface area contributed by atoms with Crippen LogP contribution in [0.1, 0.15) is 47.4 Å². The summed E-state index contributed by atoms with van der Waals surface area (Å²) in [6, 6.07) is 5.76. The third-order valence-electron chi connectivity index (χ3n) is 4.79. The Bertz CT molecular complexity index is 808. The van der Waals surface area contributed by atoms with Gasteiger partial charge in [0.2, 0.25) is 0 Å². The van der Waals surface area contributed by atoms with Crippen LogP contribution in [0, 0.1) is 13.8 Å². The molecule has 0 spiro atoms. The number of rotatable bonds is 5. The molecule has 138 valence electrons. The van der Waals surface area contributed by atoms with Crippen LogP contribution < -0.4 is 22.1 Å². The van der Waals surface area contributed by atoms with E-state index in [2.05, 4.69) is 25.8 Å². The molecular weight excluding hydrogens is 330 g/mol. The summed E-state index contributed by atoms with van der Waals surface area (Å²) in [6.45, 7) is 3.92. The van der Waals surface area contributed by atoms with Crippen molar-refractivity contribution < 1.29 is 4.79 Å². The number of primary amides is 1. The number of pyridine rings is 1. The number of amides is 1. The van der Waals surface area contributed by atoms with Crippen molar-refractivity contribution in [3.05, 3.63) is 35.2 Å². The highest BCUT2D eigenvalue weighted by atomic mass is 16.1. The van der Waals surface area contributed by atoms with Gasteiger partial charge in [0.15, 0.2) is 11.5 Å². The van der Waals surface area contributed by atoms with E-state index in [-0.39, 0.29) is 17.8 Å². The van der Waals surface area contributed by atoms with Gasteiger partial charge < -0.3 is 22.1 Å². The van der Waals surface area contributed by atoms with Gasteiger partial charge in [0, 0.05) is 23.8 Å². The first-order valence-electron chi connectivity index (χ1n) is 8.85. The van der Waals surface area contributed by atoms with Gasteiger partial charge in [0.1, 0.15) is 5.82 Å². The fraction of sp³-hybridized carbons (Fsp3) is 0.444. The average molecular weight is 355 g/mol. The van der Waals surface area contributed by atoms with E-state index >= 15 is 0 Å². The molecule has 2 aromatic rings. The second-order valence-electron chi connectivity index (χ2n) is 6.78. The molecule has 26 heavy (non-hydrogen) atoms. The first-order valence-corrected chi connectivity index (χ1v) is 8.85. The van der Waals surface area contributed by atoms with E-state index in [1.807, 2.05) is 26.0 Å². The zero-order valence-corrected chi connectivity index (χ0v) is 15.1. The number of aromatic nitrogens is 3. The number of nitrogens with one attached hydrogen (secondary N) is 2. The van der Waals surface area contributed by atoms with E-state index in [9.17, 15) is 4.79 Å². The molecule has 1 amide bonds. The number of hydrogen-bond acceptors (Lipinski definition) is 7. The molecule has 0 unspecified atom stereocenters. The van der Waals surface area contributed by atoms with Crippen LogP contribution in [-0.2, 0) is 0 Å². The summed E-state index contributed by atoms with van der Waals surface area (Å²) in [6.07, 6.45) is 4.26. The highest BCUT2D eigenvalue weighted by Gasteiger charge is 2.23. The molecule has 0 aliphatic heterocycles. The number of anilines is 3. The molecule has 1 aliphatic rings. The van der Waals surface area contributed by atoms with Gasteiger partial charge in [-0.1, -0.05) is 18.9 Å². The molecule has 0 saturated heterocycles.